The molecule has 1 heterocycles. The molecular formula is C20H17BrN2O6. The normalized spacial score (nSPS) is 15.4. The number of ether oxygens (including phenoxy) is 3. The van der Waals surface area contributed by atoms with Crippen LogP contribution in [-0.2, 0) is 9.59 Å². The van der Waals surface area contributed by atoms with Crippen LogP contribution in [-0.4, -0.2) is 39.2 Å². The molecule has 1 aliphatic heterocycles. The zero-order chi connectivity index (χ0) is 21.1. The van der Waals surface area contributed by atoms with Crippen LogP contribution in [0.25, 0.3) is 6.08 Å². The first-order valence-electron chi connectivity index (χ1n) is 8.36. The third-order valence-electron chi connectivity index (χ3n) is 4.24. The van der Waals surface area contributed by atoms with Crippen LogP contribution in [0.5, 0.6) is 17.2 Å². The maximum Gasteiger partial charge on any atom is 0.335 e. The van der Waals surface area contributed by atoms with Gasteiger partial charge < -0.3 is 14.2 Å². The first-order valence-corrected chi connectivity index (χ1v) is 9.16. The number of urea groups is 1. The van der Waals surface area contributed by atoms with Crippen LogP contribution in [0.15, 0.2) is 46.4 Å². The second-order valence-electron chi connectivity index (χ2n) is 5.88. The average molecular weight is 461 g/mol. The molecule has 29 heavy (non-hydrogen) atoms. The third kappa shape index (κ3) is 3.95. The number of methoxy groups -OCH3 is 3. The Bertz CT molecular complexity index is 1020. The SMILES string of the molecule is COc1ccc(N2C(=O)NC(=O)/C(=C\c3cc(Br)c(OC)cc3OC)C2=O)cc1. The highest BCUT2D eigenvalue weighted by molar-refractivity contribution is 9.10. The Morgan fingerprint density at radius 3 is 2.17 bits per heavy atom. The van der Waals surface area contributed by atoms with Crippen LogP contribution >= 0.6 is 15.9 Å². The van der Waals surface area contributed by atoms with E-state index in [9.17, 15) is 14.4 Å². The fraction of sp³-hybridized carbons (Fsp3) is 0.150. The second kappa shape index (κ2) is 8.36. The van der Waals surface area contributed by atoms with Crippen molar-refractivity contribution in [2.45, 2.75) is 0 Å². The molecule has 0 bridgehead atoms. The maximum absolute atomic E-state index is 13.0. The molecule has 2 aromatic rings. The van der Waals surface area contributed by atoms with Gasteiger partial charge in [0.1, 0.15) is 22.8 Å². The number of imide groups is 2. The van der Waals surface area contributed by atoms with Crippen LogP contribution < -0.4 is 24.4 Å². The summed E-state index contributed by atoms with van der Waals surface area (Å²) < 4.78 is 16.3. The van der Waals surface area contributed by atoms with E-state index in [4.69, 9.17) is 14.2 Å². The molecule has 4 amide bonds. The summed E-state index contributed by atoms with van der Waals surface area (Å²) in [5.41, 5.74) is 0.549. The van der Waals surface area contributed by atoms with Crippen molar-refractivity contribution in [2.75, 3.05) is 26.2 Å². The van der Waals surface area contributed by atoms with Crippen LogP contribution in [0.4, 0.5) is 10.5 Å². The molecule has 8 nitrogen and oxygen atoms in total. The van der Waals surface area contributed by atoms with Gasteiger partial charge in [0.25, 0.3) is 11.8 Å². The Hall–Kier alpha value is -3.33. The van der Waals surface area contributed by atoms with E-state index >= 15 is 0 Å². The lowest BCUT2D eigenvalue weighted by molar-refractivity contribution is -0.122. The van der Waals surface area contributed by atoms with Gasteiger partial charge in [-0.3, -0.25) is 14.9 Å². The lowest BCUT2D eigenvalue weighted by Gasteiger charge is -2.26. The Kier molecular flexibility index (Phi) is 5.88. The summed E-state index contributed by atoms with van der Waals surface area (Å²) in [6, 6.07) is 8.76. The topological polar surface area (TPSA) is 94.2 Å². The predicted octanol–water partition coefficient (Wildman–Crippen LogP) is 3.14. The van der Waals surface area contributed by atoms with E-state index in [1.54, 1.807) is 36.4 Å². The zero-order valence-electron chi connectivity index (χ0n) is 15.8. The molecular weight excluding hydrogens is 444 g/mol. The van der Waals surface area contributed by atoms with Gasteiger partial charge in [-0.05, 0) is 52.3 Å². The van der Waals surface area contributed by atoms with E-state index in [1.165, 1.54) is 27.4 Å². The number of rotatable bonds is 5. The van der Waals surface area contributed by atoms with Gasteiger partial charge in [-0.1, -0.05) is 0 Å². The first kappa shape index (κ1) is 20.4. The first-order chi connectivity index (χ1) is 13.9. The standard InChI is InChI=1S/C20H17BrN2O6/c1-27-13-6-4-12(5-7-13)23-19(25)14(18(24)22-20(23)26)8-11-9-15(21)17(29-3)10-16(11)28-2/h4-10H,1-3H3,(H,22,24,26)/b14-8+. The molecule has 0 atom stereocenters. The van der Waals surface area contributed by atoms with Crippen molar-refractivity contribution in [2.24, 2.45) is 0 Å². The van der Waals surface area contributed by atoms with E-state index < -0.39 is 17.8 Å². The molecule has 2 aromatic carbocycles. The van der Waals surface area contributed by atoms with Crippen LogP contribution in [0.2, 0.25) is 0 Å². The van der Waals surface area contributed by atoms with Gasteiger partial charge in [-0.25, -0.2) is 9.69 Å². The number of nitrogens with one attached hydrogen (secondary N) is 1. The number of nitrogens with zero attached hydrogens (tertiary/aromatic N) is 1. The molecule has 1 saturated heterocycles. The van der Waals surface area contributed by atoms with Crippen molar-refractivity contribution in [3.63, 3.8) is 0 Å². The Labute approximate surface area is 175 Å². The van der Waals surface area contributed by atoms with Crippen LogP contribution in [0, 0.1) is 0 Å². The summed E-state index contributed by atoms with van der Waals surface area (Å²) in [6.07, 6.45) is 1.36. The van der Waals surface area contributed by atoms with Gasteiger partial charge in [0.15, 0.2) is 0 Å². The third-order valence-corrected chi connectivity index (χ3v) is 4.86. The van der Waals surface area contributed by atoms with Crippen molar-refractivity contribution in [1.29, 1.82) is 0 Å². The summed E-state index contributed by atoms with van der Waals surface area (Å²) in [5.74, 6) is -0.0561. The quantitative estimate of drug-likeness (QED) is 0.543. The number of barbiturate groups is 1. The van der Waals surface area contributed by atoms with E-state index in [0.717, 1.165) is 4.90 Å². The number of hydrogen-bond acceptors (Lipinski definition) is 6. The minimum absolute atomic E-state index is 0.212. The molecule has 0 radical (unpaired) electrons. The summed E-state index contributed by atoms with van der Waals surface area (Å²) in [6.45, 7) is 0. The monoisotopic (exact) mass is 460 g/mol. The number of anilines is 1. The molecule has 0 aliphatic carbocycles. The van der Waals surface area contributed by atoms with Crippen molar-refractivity contribution in [3.8, 4) is 17.2 Å². The summed E-state index contributed by atoms with van der Waals surface area (Å²) in [4.78, 5) is 38.5. The van der Waals surface area contributed by atoms with Gasteiger partial charge in [-0.15, -0.1) is 0 Å². The highest BCUT2D eigenvalue weighted by atomic mass is 79.9. The Morgan fingerprint density at radius 1 is 0.931 bits per heavy atom. The van der Waals surface area contributed by atoms with E-state index in [2.05, 4.69) is 21.2 Å². The van der Waals surface area contributed by atoms with Crippen molar-refractivity contribution in [3.05, 3.63) is 52.0 Å². The van der Waals surface area contributed by atoms with Gasteiger partial charge in [0, 0.05) is 11.6 Å². The lowest BCUT2D eigenvalue weighted by Crippen LogP contribution is -2.54. The fourth-order valence-electron chi connectivity index (χ4n) is 2.77. The number of hydrogen-bond donors (Lipinski definition) is 1. The Balaban J connectivity index is 2.04. The van der Waals surface area contributed by atoms with Gasteiger partial charge >= 0.3 is 6.03 Å². The fourth-order valence-corrected chi connectivity index (χ4v) is 3.30. The minimum Gasteiger partial charge on any atom is -0.497 e. The van der Waals surface area contributed by atoms with Gasteiger partial charge in [-0.2, -0.15) is 0 Å². The number of amides is 4. The van der Waals surface area contributed by atoms with Crippen molar-refractivity contribution >= 4 is 45.5 Å². The van der Waals surface area contributed by atoms with Gasteiger partial charge in [0.05, 0.1) is 31.5 Å². The van der Waals surface area contributed by atoms with E-state index in [0.29, 0.717) is 33.0 Å². The average Bonchev–Trinajstić information content (AvgIpc) is 2.71. The summed E-state index contributed by atoms with van der Waals surface area (Å²) in [7, 11) is 4.47. The highest BCUT2D eigenvalue weighted by Gasteiger charge is 2.37. The second-order valence-corrected chi connectivity index (χ2v) is 6.74. The molecule has 0 aromatic heterocycles. The van der Waals surface area contributed by atoms with Crippen molar-refractivity contribution < 1.29 is 28.6 Å². The van der Waals surface area contributed by atoms with Crippen molar-refractivity contribution in [1.82, 2.24) is 5.32 Å². The lowest BCUT2D eigenvalue weighted by atomic mass is 10.1. The predicted molar refractivity (Wildman–Crippen MR) is 109 cm³/mol. The number of carbonyl (C=O) groups excluding carboxylic acids is 3. The number of benzene rings is 2. The molecule has 0 unspecified atom stereocenters. The summed E-state index contributed by atoms with van der Waals surface area (Å²) >= 11 is 3.37. The number of halogens is 1. The number of carbonyl (C=O) groups is 3. The highest BCUT2D eigenvalue weighted by Crippen LogP contribution is 2.34. The Morgan fingerprint density at radius 2 is 1.59 bits per heavy atom. The summed E-state index contributed by atoms with van der Waals surface area (Å²) in [5, 5.41) is 2.18. The molecule has 9 heteroatoms. The van der Waals surface area contributed by atoms with E-state index in [-0.39, 0.29) is 5.57 Å². The van der Waals surface area contributed by atoms with Crippen LogP contribution in [0.1, 0.15) is 5.56 Å². The van der Waals surface area contributed by atoms with Crippen LogP contribution in [0.3, 0.4) is 0 Å². The molecule has 0 saturated carbocycles. The molecule has 3 rings (SSSR count). The smallest absolute Gasteiger partial charge is 0.335 e. The van der Waals surface area contributed by atoms with E-state index in [1.807, 2.05) is 0 Å². The molecule has 1 aliphatic rings. The zero-order valence-corrected chi connectivity index (χ0v) is 17.4. The molecule has 150 valence electrons. The van der Waals surface area contributed by atoms with Gasteiger partial charge in [0.2, 0.25) is 0 Å². The molecule has 1 fully saturated rings. The maximum atomic E-state index is 13.0. The molecule has 0 spiro atoms. The molecule has 1 N–H and O–H groups in total. The minimum atomic E-state index is -0.829. The largest absolute Gasteiger partial charge is 0.497 e.